The highest BCUT2D eigenvalue weighted by atomic mass is 32.1. The number of anilines is 1. The number of thiazole rings is 1. The van der Waals surface area contributed by atoms with Gasteiger partial charge < -0.3 is 20.3 Å². The maximum Gasteiger partial charge on any atom is 0.414 e. The Labute approximate surface area is 179 Å². The van der Waals surface area contributed by atoms with Crippen molar-refractivity contribution in [1.29, 1.82) is 0 Å². The average Bonchev–Trinajstić information content (AvgIpc) is 3.25. The number of aliphatic imine (C=N–C) groups is 1. The zero-order chi connectivity index (χ0) is 22.8. The standard InChI is InChI=1S/C15H19FN7O6PS/c1-22(18)21-13(17)20-14-19-5-12(31-14)10-3-2-8(4-11(10)16)23-6-9(29-15(23)24)7-28-30(25,26)27/h2-5,9H,6-7,18H2,1H3,(H2,25,26,27)(H3,17,19,20,21)/p-1/t9-/m1/s1. The number of hydrogen-bond acceptors (Lipinski definition) is 11. The molecule has 2 heterocycles. The van der Waals surface area contributed by atoms with Crippen LogP contribution in [0.15, 0.2) is 29.4 Å². The number of benzene rings is 1. The number of phosphoric ester groups is 1. The number of guanidine groups is 1. The molecular formula is C15H18FN7O6PS-. The first-order valence-corrected chi connectivity index (χ1v) is 10.8. The number of hydrazine groups is 2. The van der Waals surface area contributed by atoms with Gasteiger partial charge in [0.2, 0.25) is 11.1 Å². The molecule has 0 radical (unpaired) electrons. The van der Waals surface area contributed by atoms with Crippen LogP contribution in [-0.4, -0.2) is 53.4 Å². The van der Waals surface area contributed by atoms with E-state index < -0.39 is 32.8 Å². The van der Waals surface area contributed by atoms with E-state index >= 15 is 0 Å². The van der Waals surface area contributed by atoms with Gasteiger partial charge in [-0.25, -0.2) is 23.6 Å². The molecule has 0 unspecified atom stereocenters. The van der Waals surface area contributed by atoms with Gasteiger partial charge in [-0.1, -0.05) is 11.3 Å². The predicted molar refractivity (Wildman–Crippen MR) is 107 cm³/mol. The summed E-state index contributed by atoms with van der Waals surface area (Å²) in [6, 6.07) is 4.08. The van der Waals surface area contributed by atoms with Gasteiger partial charge in [-0.2, -0.15) is 10.1 Å². The summed E-state index contributed by atoms with van der Waals surface area (Å²) in [6.45, 7) is -0.638. The zero-order valence-corrected chi connectivity index (χ0v) is 17.7. The highest BCUT2D eigenvalue weighted by molar-refractivity contribution is 7.50. The number of nitrogens with zero attached hydrogens (tertiary/aromatic N) is 4. The zero-order valence-electron chi connectivity index (χ0n) is 16.0. The Kier molecular flexibility index (Phi) is 6.98. The van der Waals surface area contributed by atoms with Gasteiger partial charge in [0.15, 0.2) is 8.17 Å². The fourth-order valence-electron chi connectivity index (χ4n) is 2.62. The number of rotatable bonds is 7. The Morgan fingerprint density at radius 1 is 1.61 bits per heavy atom. The monoisotopic (exact) mass is 474 g/mol. The number of amides is 1. The van der Waals surface area contributed by atoms with Crippen LogP contribution in [-0.2, 0) is 9.26 Å². The minimum Gasteiger partial charge on any atom is -0.635 e. The van der Waals surface area contributed by atoms with Crippen molar-refractivity contribution < 1.29 is 33.1 Å². The van der Waals surface area contributed by atoms with Gasteiger partial charge >= 0.3 is 6.09 Å². The SMILES string of the molecule is CN(N)N/C(N)=N\c1ncc(-c2ccc(N3C[C@H](CO[P+]([O-])([O-])O)OC3=O)cc2F)s1. The van der Waals surface area contributed by atoms with Crippen LogP contribution in [0.2, 0.25) is 0 Å². The van der Waals surface area contributed by atoms with E-state index in [1.165, 1.54) is 25.4 Å². The lowest BCUT2D eigenvalue weighted by molar-refractivity contribution is -0.362. The summed E-state index contributed by atoms with van der Waals surface area (Å²) in [4.78, 5) is 51.7. The van der Waals surface area contributed by atoms with E-state index in [1.807, 2.05) is 0 Å². The van der Waals surface area contributed by atoms with E-state index in [0.717, 1.165) is 27.4 Å². The van der Waals surface area contributed by atoms with Crippen LogP contribution in [0.3, 0.4) is 0 Å². The van der Waals surface area contributed by atoms with Crippen LogP contribution in [0.25, 0.3) is 10.4 Å². The van der Waals surface area contributed by atoms with Crippen molar-refractivity contribution in [2.24, 2.45) is 16.6 Å². The summed E-state index contributed by atoms with van der Waals surface area (Å²) in [7, 11) is -3.43. The number of carbonyl (C=O) groups excluding carboxylic acids is 1. The van der Waals surface area contributed by atoms with E-state index in [2.05, 4.69) is 19.9 Å². The number of ether oxygens (including phenoxy) is 1. The molecule has 1 aromatic heterocycles. The first-order valence-electron chi connectivity index (χ1n) is 8.53. The third-order valence-electron chi connectivity index (χ3n) is 3.83. The van der Waals surface area contributed by atoms with Crippen LogP contribution in [0.4, 0.5) is 20.0 Å². The molecule has 6 N–H and O–H groups in total. The van der Waals surface area contributed by atoms with Gasteiger partial charge in [-0.05, 0) is 18.2 Å². The Hall–Kier alpha value is -2.49. The number of carbonyl (C=O) groups is 1. The molecule has 13 nitrogen and oxygen atoms in total. The van der Waals surface area contributed by atoms with Crippen molar-refractivity contribution in [2.45, 2.75) is 6.10 Å². The second-order valence-corrected chi connectivity index (χ2v) is 8.48. The molecule has 1 saturated heterocycles. The van der Waals surface area contributed by atoms with Crippen molar-refractivity contribution in [3.63, 3.8) is 0 Å². The van der Waals surface area contributed by atoms with Crippen molar-refractivity contribution in [1.82, 2.24) is 15.5 Å². The smallest absolute Gasteiger partial charge is 0.414 e. The highest BCUT2D eigenvalue weighted by Gasteiger charge is 2.34. The number of halogens is 1. The first kappa shape index (κ1) is 23.2. The van der Waals surface area contributed by atoms with Gasteiger partial charge in [-0.15, -0.1) is 0 Å². The van der Waals surface area contributed by atoms with Crippen LogP contribution >= 0.6 is 19.5 Å². The van der Waals surface area contributed by atoms with E-state index in [0.29, 0.717) is 4.88 Å². The number of phosphoric acid groups is 1. The van der Waals surface area contributed by atoms with Crippen LogP contribution in [0.5, 0.6) is 0 Å². The summed E-state index contributed by atoms with van der Waals surface area (Å²) in [6.07, 6.45) is -0.325. The van der Waals surface area contributed by atoms with E-state index in [4.69, 9.17) is 21.2 Å². The molecule has 0 bridgehead atoms. The topological polar surface area (TPSA) is 198 Å². The minimum absolute atomic E-state index is 0.00216. The first-order chi connectivity index (χ1) is 14.5. The number of hydrogen-bond donors (Lipinski definition) is 4. The fraction of sp³-hybridized carbons (Fsp3) is 0.267. The lowest BCUT2D eigenvalue weighted by Gasteiger charge is -2.25. The van der Waals surface area contributed by atoms with Crippen molar-refractivity contribution >= 4 is 42.4 Å². The van der Waals surface area contributed by atoms with E-state index in [-0.39, 0.29) is 28.9 Å². The summed E-state index contributed by atoms with van der Waals surface area (Å²) in [5.74, 6) is 4.77. The molecule has 31 heavy (non-hydrogen) atoms. The largest absolute Gasteiger partial charge is 0.635 e. The molecule has 1 aliphatic rings. The van der Waals surface area contributed by atoms with E-state index in [1.54, 1.807) is 0 Å². The Balaban J connectivity index is 1.72. The molecule has 1 aliphatic heterocycles. The maximum atomic E-state index is 14.7. The molecule has 1 atom stereocenters. The van der Waals surface area contributed by atoms with Crippen molar-refractivity contribution in [3.05, 3.63) is 30.2 Å². The van der Waals surface area contributed by atoms with Gasteiger partial charge in [0.05, 0.1) is 17.1 Å². The molecule has 16 heteroatoms. The van der Waals surface area contributed by atoms with Crippen molar-refractivity contribution in [2.75, 3.05) is 25.1 Å². The maximum absolute atomic E-state index is 14.7. The van der Waals surface area contributed by atoms with Crippen LogP contribution < -0.4 is 31.7 Å². The van der Waals surface area contributed by atoms with Crippen LogP contribution in [0, 0.1) is 5.82 Å². The molecular weight excluding hydrogens is 456 g/mol. The summed E-state index contributed by atoms with van der Waals surface area (Å²) < 4.78 is 23.9. The third kappa shape index (κ3) is 6.25. The molecule has 3 rings (SSSR count). The molecule has 1 aromatic carbocycles. The number of nitrogens with two attached hydrogens (primary N) is 2. The molecule has 1 fully saturated rings. The van der Waals surface area contributed by atoms with Crippen molar-refractivity contribution in [3.8, 4) is 10.4 Å². The molecule has 2 aromatic rings. The molecule has 168 valence electrons. The summed E-state index contributed by atoms with van der Waals surface area (Å²) in [5, 5.41) is 1.38. The molecule has 0 aliphatic carbocycles. The highest BCUT2D eigenvalue weighted by Crippen LogP contribution is 2.37. The van der Waals surface area contributed by atoms with Gasteiger partial charge in [-0.3, -0.25) is 16.2 Å². The quantitative estimate of drug-likeness (QED) is 0.125. The molecule has 1 amide bonds. The van der Waals surface area contributed by atoms with E-state index in [9.17, 15) is 19.0 Å². The Morgan fingerprint density at radius 3 is 3.00 bits per heavy atom. The normalized spacial score (nSPS) is 17.4. The minimum atomic E-state index is -4.95. The lowest BCUT2D eigenvalue weighted by atomic mass is 10.1. The van der Waals surface area contributed by atoms with Gasteiger partial charge in [0.25, 0.3) is 0 Å². The summed E-state index contributed by atoms with van der Waals surface area (Å²) in [5.41, 5.74) is 8.62. The average molecular weight is 474 g/mol. The third-order valence-corrected chi connectivity index (χ3v) is 5.23. The predicted octanol–water partition coefficient (Wildman–Crippen LogP) is -1.06. The van der Waals surface area contributed by atoms with Crippen LogP contribution in [0.1, 0.15) is 0 Å². The fourth-order valence-corrected chi connectivity index (χ4v) is 3.80. The van der Waals surface area contributed by atoms with Gasteiger partial charge in [0, 0.05) is 18.8 Å². The lowest BCUT2D eigenvalue weighted by Crippen LogP contribution is -2.47. The molecule has 0 spiro atoms. The Morgan fingerprint density at radius 2 is 2.35 bits per heavy atom. The number of cyclic esters (lactones) is 1. The Bertz CT molecular complexity index is 985. The van der Waals surface area contributed by atoms with Gasteiger partial charge in [0.1, 0.15) is 18.5 Å². The second-order valence-electron chi connectivity index (χ2n) is 6.27. The molecule has 0 saturated carbocycles. The number of aromatic nitrogens is 1. The summed E-state index contributed by atoms with van der Waals surface area (Å²) >= 11 is 1.08. The number of nitrogens with one attached hydrogen (secondary N) is 1. The second kappa shape index (κ2) is 9.33.